The number of ether oxygens (including phenoxy) is 2. The Kier molecular flexibility index (Phi) is 9.76. The zero-order valence-corrected chi connectivity index (χ0v) is 22.4. The Bertz CT molecular complexity index is 1410. The van der Waals surface area contributed by atoms with E-state index in [1.807, 2.05) is 0 Å². The lowest BCUT2D eigenvalue weighted by Crippen LogP contribution is -2.38. The van der Waals surface area contributed by atoms with Crippen LogP contribution in [-0.2, 0) is 14.3 Å². The summed E-state index contributed by atoms with van der Waals surface area (Å²) in [5.41, 5.74) is 8.67. The van der Waals surface area contributed by atoms with Gasteiger partial charge < -0.3 is 35.1 Å². The fourth-order valence-corrected chi connectivity index (χ4v) is 3.49. The van der Waals surface area contributed by atoms with Crippen LogP contribution in [0.1, 0.15) is 57.8 Å². The zero-order chi connectivity index (χ0) is 29.4. The van der Waals surface area contributed by atoms with Crippen LogP contribution in [0.4, 0.5) is 16.3 Å². The number of aliphatic imine (C=N–C) groups is 1. The van der Waals surface area contributed by atoms with Crippen molar-refractivity contribution in [1.82, 2.24) is 15.0 Å². The van der Waals surface area contributed by atoms with Crippen LogP contribution in [0.2, 0.25) is 0 Å². The van der Waals surface area contributed by atoms with E-state index in [1.165, 1.54) is 25.5 Å². The van der Waals surface area contributed by atoms with Gasteiger partial charge in [0.25, 0.3) is 11.8 Å². The van der Waals surface area contributed by atoms with Crippen LogP contribution in [-0.4, -0.2) is 69.3 Å². The summed E-state index contributed by atoms with van der Waals surface area (Å²) in [5.74, 6) is -1.75. The summed E-state index contributed by atoms with van der Waals surface area (Å²) in [5, 5.41) is 15.4. The highest BCUT2D eigenvalue weighted by Gasteiger charge is 2.27. The molecule has 0 saturated heterocycles. The van der Waals surface area contributed by atoms with Crippen molar-refractivity contribution in [3.05, 3.63) is 64.7 Å². The smallest absolute Gasteiger partial charge is 0.419 e. The van der Waals surface area contributed by atoms with Crippen molar-refractivity contribution in [3.63, 3.8) is 0 Å². The highest BCUT2D eigenvalue weighted by molar-refractivity contribution is 6.08. The number of amides is 3. The third kappa shape index (κ3) is 7.11. The second kappa shape index (κ2) is 13.2. The lowest BCUT2D eigenvalue weighted by atomic mass is 10.1. The van der Waals surface area contributed by atoms with Crippen molar-refractivity contribution >= 4 is 41.2 Å². The average Bonchev–Trinajstić information content (AvgIpc) is 3.57. The standard InChI is InChI=1S/C26H30N6O8/c1-5-9-32(26(37)39-13-38-25(36)16(4)33)24(35)18-12-28-21(15(18)3)22(27)29-19-11-17(7-6-14(19)2)23(34)30-20-8-10-40-31-20/h6-8,10-12,16,28,33H,5,9,13H2,1-4H3,(H2,27,29)(H,30,31,34). The molecule has 0 aliphatic heterocycles. The molecule has 0 fully saturated rings. The molecule has 3 aromatic rings. The molecule has 2 aromatic heterocycles. The highest BCUT2D eigenvalue weighted by atomic mass is 16.7. The quantitative estimate of drug-likeness (QED) is 0.125. The van der Waals surface area contributed by atoms with E-state index in [0.29, 0.717) is 28.9 Å². The fraction of sp³-hybridized carbons (Fsp3) is 0.308. The molecule has 40 heavy (non-hydrogen) atoms. The van der Waals surface area contributed by atoms with Crippen LogP contribution >= 0.6 is 0 Å². The zero-order valence-electron chi connectivity index (χ0n) is 22.4. The average molecular weight is 555 g/mol. The lowest BCUT2D eigenvalue weighted by Gasteiger charge is -2.19. The van der Waals surface area contributed by atoms with Gasteiger partial charge in [0.1, 0.15) is 18.2 Å². The van der Waals surface area contributed by atoms with Crippen molar-refractivity contribution in [2.45, 2.75) is 40.2 Å². The molecule has 0 aliphatic carbocycles. The van der Waals surface area contributed by atoms with E-state index >= 15 is 0 Å². The van der Waals surface area contributed by atoms with Crippen molar-refractivity contribution in [3.8, 4) is 0 Å². The molecule has 0 radical (unpaired) electrons. The Balaban J connectivity index is 1.79. The van der Waals surface area contributed by atoms with Crippen molar-refractivity contribution < 1.29 is 38.3 Å². The van der Waals surface area contributed by atoms with E-state index in [1.54, 1.807) is 39.0 Å². The molecule has 1 aromatic carbocycles. The molecule has 1 atom stereocenters. The van der Waals surface area contributed by atoms with Gasteiger partial charge in [-0.3, -0.25) is 9.59 Å². The largest absolute Gasteiger partial charge is 0.426 e. The number of aryl methyl sites for hydroxylation is 1. The summed E-state index contributed by atoms with van der Waals surface area (Å²) in [6, 6.07) is 6.41. The number of H-pyrrole nitrogens is 1. The number of carbonyl (C=O) groups is 4. The normalized spacial score (nSPS) is 12.0. The Morgan fingerprint density at radius 1 is 1.23 bits per heavy atom. The van der Waals surface area contributed by atoms with Crippen LogP contribution in [0.3, 0.4) is 0 Å². The minimum absolute atomic E-state index is 0.0356. The highest BCUT2D eigenvalue weighted by Crippen LogP contribution is 2.23. The second-order valence-corrected chi connectivity index (χ2v) is 8.66. The first-order valence-electron chi connectivity index (χ1n) is 12.2. The van der Waals surface area contributed by atoms with Crippen LogP contribution in [0, 0.1) is 13.8 Å². The molecule has 5 N–H and O–H groups in total. The minimum atomic E-state index is -1.39. The molecule has 2 heterocycles. The number of aliphatic hydroxyl groups is 1. The number of aromatic nitrogens is 2. The van der Waals surface area contributed by atoms with Gasteiger partial charge in [-0.25, -0.2) is 19.5 Å². The Labute approximate surface area is 229 Å². The topological polar surface area (TPSA) is 202 Å². The molecule has 0 spiro atoms. The molecule has 0 saturated carbocycles. The molecule has 14 heteroatoms. The van der Waals surface area contributed by atoms with Gasteiger partial charge in [0, 0.05) is 24.4 Å². The number of rotatable bonds is 10. The van der Waals surface area contributed by atoms with E-state index in [-0.39, 0.29) is 23.8 Å². The number of benzene rings is 1. The van der Waals surface area contributed by atoms with Gasteiger partial charge >= 0.3 is 12.1 Å². The number of amidine groups is 1. The van der Waals surface area contributed by atoms with Crippen LogP contribution in [0.5, 0.6) is 0 Å². The summed E-state index contributed by atoms with van der Waals surface area (Å²) in [6.45, 7) is 5.68. The molecule has 3 rings (SSSR count). The summed E-state index contributed by atoms with van der Waals surface area (Å²) < 4.78 is 14.2. The van der Waals surface area contributed by atoms with E-state index in [4.69, 9.17) is 20.1 Å². The van der Waals surface area contributed by atoms with Gasteiger partial charge in [0.05, 0.1) is 16.9 Å². The Morgan fingerprint density at radius 3 is 2.62 bits per heavy atom. The van der Waals surface area contributed by atoms with Gasteiger partial charge in [0.15, 0.2) is 5.82 Å². The maximum absolute atomic E-state index is 13.2. The molecule has 212 valence electrons. The van der Waals surface area contributed by atoms with Gasteiger partial charge in [-0.05, 0) is 50.5 Å². The molecule has 0 bridgehead atoms. The molecule has 3 amide bonds. The first kappa shape index (κ1) is 29.6. The number of hydrogen-bond donors (Lipinski definition) is 4. The van der Waals surface area contributed by atoms with Crippen molar-refractivity contribution in [2.24, 2.45) is 10.7 Å². The monoisotopic (exact) mass is 554 g/mol. The number of esters is 1. The first-order chi connectivity index (χ1) is 19.0. The number of anilines is 1. The number of aromatic amines is 1. The molecule has 1 unspecified atom stereocenters. The number of carbonyl (C=O) groups excluding carboxylic acids is 4. The Hall–Kier alpha value is -4.98. The van der Waals surface area contributed by atoms with Gasteiger partial charge in [-0.1, -0.05) is 18.1 Å². The van der Waals surface area contributed by atoms with Gasteiger partial charge in [-0.2, -0.15) is 0 Å². The number of nitrogens with two attached hydrogens (primary N) is 1. The second-order valence-electron chi connectivity index (χ2n) is 8.66. The van der Waals surface area contributed by atoms with Crippen LogP contribution < -0.4 is 11.1 Å². The van der Waals surface area contributed by atoms with Gasteiger partial charge in [-0.15, -0.1) is 0 Å². The predicted molar refractivity (Wildman–Crippen MR) is 142 cm³/mol. The van der Waals surface area contributed by atoms with Crippen LogP contribution in [0.15, 0.2) is 46.2 Å². The molecular weight excluding hydrogens is 524 g/mol. The number of aliphatic hydroxyl groups excluding tert-OH is 1. The summed E-state index contributed by atoms with van der Waals surface area (Å²) in [4.78, 5) is 57.9. The maximum Gasteiger partial charge on any atom is 0.419 e. The summed E-state index contributed by atoms with van der Waals surface area (Å²) >= 11 is 0. The SMILES string of the molecule is CCCN(C(=O)OCOC(=O)C(C)O)C(=O)c1c[nH]c(C(N)=Nc2cc(C(=O)Nc3ccon3)ccc2C)c1C. The van der Waals surface area contributed by atoms with E-state index in [2.05, 4.69) is 25.2 Å². The summed E-state index contributed by atoms with van der Waals surface area (Å²) in [7, 11) is 0. The molecule has 0 aliphatic rings. The number of imide groups is 1. The fourth-order valence-electron chi connectivity index (χ4n) is 3.49. The van der Waals surface area contributed by atoms with Gasteiger partial charge in [0.2, 0.25) is 6.79 Å². The molecular formula is C26H30N6O8. The number of hydrogen-bond acceptors (Lipinski definition) is 10. The van der Waals surface area contributed by atoms with E-state index < -0.39 is 36.8 Å². The number of nitrogens with zero attached hydrogens (tertiary/aromatic N) is 3. The van der Waals surface area contributed by atoms with E-state index in [9.17, 15) is 19.2 Å². The first-order valence-corrected chi connectivity index (χ1v) is 12.2. The van der Waals surface area contributed by atoms with E-state index in [0.717, 1.165) is 10.5 Å². The maximum atomic E-state index is 13.2. The van der Waals surface area contributed by atoms with Crippen molar-refractivity contribution in [2.75, 3.05) is 18.7 Å². The van der Waals surface area contributed by atoms with Crippen molar-refractivity contribution in [1.29, 1.82) is 0 Å². The molecule has 14 nitrogen and oxygen atoms in total. The third-order valence-corrected chi connectivity index (χ3v) is 5.66. The number of nitrogens with one attached hydrogen (secondary N) is 2. The Morgan fingerprint density at radius 2 is 1.98 bits per heavy atom. The summed E-state index contributed by atoms with van der Waals surface area (Å²) in [6.07, 6.45) is 0.759. The lowest BCUT2D eigenvalue weighted by molar-refractivity contribution is -0.161. The third-order valence-electron chi connectivity index (χ3n) is 5.66. The minimum Gasteiger partial charge on any atom is -0.426 e. The van der Waals surface area contributed by atoms with Crippen LogP contribution in [0.25, 0.3) is 0 Å². The predicted octanol–water partition coefficient (Wildman–Crippen LogP) is 2.78.